The third-order valence-electron chi connectivity index (χ3n) is 10.4. The molecule has 4 aromatic rings. The van der Waals surface area contributed by atoms with Crippen molar-refractivity contribution in [3.63, 3.8) is 0 Å². The van der Waals surface area contributed by atoms with Crippen LogP contribution in [-0.4, -0.2) is 93.2 Å². The normalized spacial score (nSPS) is 26.2. The van der Waals surface area contributed by atoms with Crippen molar-refractivity contribution in [1.82, 2.24) is 14.9 Å². The number of nitrogens with zero attached hydrogens (tertiary/aromatic N) is 5. The topological polar surface area (TPSA) is 110 Å². The molecule has 17 heteroatoms. The molecule has 50 heavy (non-hydrogen) atoms. The number of anilines is 3. The van der Waals surface area contributed by atoms with Gasteiger partial charge in [0.25, 0.3) is 0 Å². The molecule has 3 N–H and O–H groups in total. The van der Waals surface area contributed by atoms with E-state index in [-0.39, 0.29) is 52.0 Å². The Hall–Kier alpha value is -3.45. The van der Waals surface area contributed by atoms with Crippen molar-refractivity contribution in [3.05, 3.63) is 27.3 Å². The van der Waals surface area contributed by atoms with Crippen LogP contribution in [0.25, 0.3) is 32.1 Å². The van der Waals surface area contributed by atoms with Gasteiger partial charge in [-0.05, 0) is 0 Å². The van der Waals surface area contributed by atoms with Gasteiger partial charge in [0.05, 0.1) is 0 Å². The average molecular weight is 830 g/mol. The molecule has 3 fully saturated rings. The zero-order chi connectivity index (χ0) is 34.6. The van der Waals surface area contributed by atoms with Crippen LogP contribution in [0.4, 0.5) is 38.5 Å². The number of nitrogens with one attached hydrogen (secondary N) is 1. The maximum atomic E-state index is 17.6. The van der Waals surface area contributed by atoms with Crippen LogP contribution in [0.2, 0.25) is 0 Å². The number of hydrogen-bond donors (Lipinski definition) is 2. The van der Waals surface area contributed by atoms with Gasteiger partial charge in [-0.25, -0.2) is 0 Å². The summed E-state index contributed by atoms with van der Waals surface area (Å²) in [7, 11) is 1.36. The fraction of sp³-hybridized carbons (Fsp3) is 0.485. The van der Waals surface area contributed by atoms with Crippen LogP contribution in [0, 0.1) is 15.2 Å². The summed E-state index contributed by atoms with van der Waals surface area (Å²) in [5.41, 5.74) is 7.30. The average Bonchev–Trinajstić information content (AvgIpc) is 3.49. The first-order valence-corrected chi connectivity index (χ1v) is 21.0. The van der Waals surface area contributed by atoms with E-state index in [1.807, 2.05) is 0 Å². The van der Waals surface area contributed by atoms with E-state index in [1.54, 1.807) is 13.0 Å². The number of hydrogen-bond acceptors (Lipinski definition) is 11. The predicted octanol–water partition coefficient (Wildman–Crippen LogP) is 6.62. The fourth-order valence-corrected chi connectivity index (χ4v) is 15.3. The van der Waals surface area contributed by atoms with Gasteiger partial charge in [0.1, 0.15) is 0 Å². The van der Waals surface area contributed by atoms with Crippen molar-refractivity contribution < 1.29 is 36.3 Å². The van der Waals surface area contributed by atoms with Gasteiger partial charge in [0.15, 0.2) is 0 Å². The molecule has 7 heterocycles. The molecule has 9 rings (SSSR count). The number of aromatic nitrogens is 2. The first-order valence-electron chi connectivity index (χ1n) is 16.3. The molecule has 3 saturated heterocycles. The van der Waals surface area contributed by atoms with Gasteiger partial charge < -0.3 is 0 Å². The van der Waals surface area contributed by atoms with Crippen LogP contribution in [0.15, 0.2) is 17.3 Å². The summed E-state index contributed by atoms with van der Waals surface area (Å²) in [4.78, 5) is 17.8. The van der Waals surface area contributed by atoms with Crippen LogP contribution in [0.1, 0.15) is 26.2 Å². The third kappa shape index (κ3) is 4.88. The molecular weight excluding hydrogens is 796 g/mol. The van der Waals surface area contributed by atoms with Gasteiger partial charge in [-0.1, -0.05) is 0 Å². The molecule has 2 aromatic carbocycles. The Morgan fingerprint density at radius 1 is 1.28 bits per heavy atom. The number of fused-ring (bicyclic) bond motifs is 6. The number of halogens is 6. The van der Waals surface area contributed by atoms with Crippen molar-refractivity contribution in [1.29, 1.82) is 0 Å². The van der Waals surface area contributed by atoms with Crippen molar-refractivity contribution >= 4 is 74.4 Å². The van der Waals surface area contributed by atoms with Crippen LogP contribution in [0.5, 0.6) is 11.8 Å². The Kier molecular flexibility index (Phi) is 7.66. The molecule has 266 valence electrons. The molecule has 2 aromatic heterocycles. The number of alkyl halides is 5. The number of ether oxygens (including phenoxy) is 2. The van der Waals surface area contributed by atoms with E-state index >= 15 is 8.78 Å². The van der Waals surface area contributed by atoms with E-state index in [4.69, 9.17) is 25.0 Å². The summed E-state index contributed by atoms with van der Waals surface area (Å²) in [6, 6.07) is 1.77. The first kappa shape index (κ1) is 32.5. The van der Waals surface area contributed by atoms with Gasteiger partial charge >= 0.3 is 296 Å². The Morgan fingerprint density at radius 2 is 2.12 bits per heavy atom. The van der Waals surface area contributed by atoms with Gasteiger partial charge in [-0.15, -0.1) is 0 Å². The Balaban J connectivity index is 1.31. The summed E-state index contributed by atoms with van der Waals surface area (Å²) in [6.07, 6.45) is -1.92. The number of oxime groups is 1. The predicted molar refractivity (Wildman–Crippen MR) is 191 cm³/mol. The van der Waals surface area contributed by atoms with Crippen molar-refractivity contribution in [2.45, 2.75) is 54.4 Å². The minimum absolute atomic E-state index is 0.00879. The zero-order valence-electron chi connectivity index (χ0n) is 27.0. The minimum atomic E-state index is -2.80. The fourth-order valence-electron chi connectivity index (χ4n) is 8.19. The second kappa shape index (κ2) is 11.8. The van der Waals surface area contributed by atoms with E-state index in [0.717, 1.165) is 28.7 Å². The van der Waals surface area contributed by atoms with Gasteiger partial charge in [-0.3, -0.25) is 0 Å². The molecule has 5 aliphatic rings. The first-order chi connectivity index (χ1) is 24.1. The van der Waals surface area contributed by atoms with E-state index in [0.29, 0.717) is 54.3 Å². The van der Waals surface area contributed by atoms with Gasteiger partial charge in [0.2, 0.25) is 0 Å². The number of rotatable bonds is 7. The molecule has 0 aliphatic carbocycles. The van der Waals surface area contributed by atoms with Crippen LogP contribution in [-0.2, 0) is 4.84 Å². The van der Waals surface area contributed by atoms with Crippen LogP contribution < -0.4 is 25.4 Å². The van der Waals surface area contributed by atoms with Gasteiger partial charge in [0, 0.05) is 0 Å². The van der Waals surface area contributed by atoms with E-state index in [2.05, 4.69) is 20.4 Å². The Morgan fingerprint density at radius 3 is 2.92 bits per heavy atom. The second-order valence-electron chi connectivity index (χ2n) is 13.3. The second-order valence-corrected chi connectivity index (χ2v) is 20.1. The molecule has 4 atom stereocenters. The molecule has 0 radical (unpaired) electrons. The maximum absolute atomic E-state index is 17.6. The van der Waals surface area contributed by atoms with Crippen molar-refractivity contribution in [2.75, 3.05) is 60.3 Å². The molecule has 10 nitrogen and oxygen atoms in total. The summed E-state index contributed by atoms with van der Waals surface area (Å²) >= 11 is -1.14. The summed E-state index contributed by atoms with van der Waals surface area (Å²) in [5, 5.41) is 8.63. The zero-order valence-corrected chi connectivity index (χ0v) is 30.0. The molecule has 0 bridgehead atoms. The van der Waals surface area contributed by atoms with Gasteiger partial charge in [-0.2, -0.15) is 0 Å². The molecule has 2 unspecified atom stereocenters. The summed E-state index contributed by atoms with van der Waals surface area (Å²) < 4.78 is 90.8. The Labute approximate surface area is 294 Å². The summed E-state index contributed by atoms with van der Waals surface area (Å²) in [5.74, 6) is -0.814. The molecule has 5 aliphatic heterocycles. The van der Waals surface area contributed by atoms with Crippen LogP contribution in [0.3, 0.4) is 0 Å². The standard InChI is InChI=1S/C33H33F5IN7O3S/c1-14(44-47-2)18-12-48-28-23-26(24(38)21-16-4-5-17(35)29-22(16)27(30(40)50-29)41-20-9-39(20)25(21)28)42-32(43-31(23)46(18)11-19(36)37)49-13-33-6-3-7-45(33)10-15(34)8-33/h4-5,15,18-20,41H,3,6-13,40H2,1-2H3/b44-14+/t15-,18?,20?,33+/m1/s1. The Bertz CT molecular complexity index is 2100. The SMILES string of the molecule is CO/N=C(\C)C1COc2c3c(c(F)c4nc(OC[C@@]56CCCN5C[C@H](F)C6)nc(c24)N1CC(F)F)-c1ccc(F)c2sc(N)c(c12)NC1CI31. The molecule has 0 amide bonds. The number of benzene rings is 2. The monoisotopic (exact) mass is 829 g/mol. The molecule has 0 saturated carbocycles. The van der Waals surface area contributed by atoms with Crippen molar-refractivity contribution in [2.24, 2.45) is 5.16 Å². The number of nitrogens with two attached hydrogens (primary N) is 1. The van der Waals surface area contributed by atoms with E-state index in [1.165, 1.54) is 18.1 Å². The molecular formula is C33H33F5IN7O3S. The number of nitrogen functional groups attached to an aromatic ring is 1. The quantitative estimate of drug-likeness (QED) is 0.0531. The summed E-state index contributed by atoms with van der Waals surface area (Å²) in [6.45, 7) is 1.86. The van der Waals surface area contributed by atoms with E-state index in [9.17, 15) is 13.2 Å². The van der Waals surface area contributed by atoms with Crippen molar-refractivity contribution in [3.8, 4) is 22.9 Å². The third-order valence-corrected chi connectivity index (χ3v) is 17.1. The number of thiophene rings is 1. The van der Waals surface area contributed by atoms with E-state index < -0.39 is 62.2 Å². The van der Waals surface area contributed by atoms with Crippen LogP contribution >= 0.6 is 31.2 Å². The molecule has 0 spiro atoms.